The molecule has 1 N–H and O–H groups in total. The Kier molecular flexibility index (Phi) is 6.26. The summed E-state index contributed by atoms with van der Waals surface area (Å²) in [7, 11) is -3.48. The fourth-order valence-electron chi connectivity index (χ4n) is 2.25. The van der Waals surface area contributed by atoms with Crippen molar-refractivity contribution in [1.82, 2.24) is 5.32 Å². The standard InChI is InChI=1S/C16H19ClN2O3S2/c1-12-5-6-13(17)10-15(12)19(24(2,21)22)8-7-18-16(20)11-14-4-3-9-23-14/h3-6,9-10H,7-8,11H2,1-2H3,(H,18,20). The Morgan fingerprint density at radius 1 is 1.33 bits per heavy atom. The first-order valence-electron chi connectivity index (χ1n) is 7.30. The van der Waals surface area contributed by atoms with E-state index in [0.717, 1.165) is 16.7 Å². The van der Waals surface area contributed by atoms with Crippen LogP contribution >= 0.6 is 22.9 Å². The smallest absolute Gasteiger partial charge is 0.232 e. The van der Waals surface area contributed by atoms with Crippen LogP contribution in [-0.4, -0.2) is 33.7 Å². The minimum Gasteiger partial charge on any atom is -0.354 e. The van der Waals surface area contributed by atoms with Crippen LogP contribution in [0.4, 0.5) is 5.69 Å². The summed E-state index contributed by atoms with van der Waals surface area (Å²) in [6.45, 7) is 2.19. The molecule has 1 heterocycles. The summed E-state index contributed by atoms with van der Waals surface area (Å²) in [6, 6.07) is 8.88. The number of hydrogen-bond donors (Lipinski definition) is 1. The lowest BCUT2D eigenvalue weighted by molar-refractivity contribution is -0.120. The highest BCUT2D eigenvalue weighted by molar-refractivity contribution is 7.92. The van der Waals surface area contributed by atoms with Crippen molar-refractivity contribution < 1.29 is 13.2 Å². The third kappa shape index (κ3) is 5.22. The highest BCUT2D eigenvalue weighted by atomic mass is 35.5. The Morgan fingerprint density at radius 3 is 2.71 bits per heavy atom. The molecule has 5 nitrogen and oxygen atoms in total. The predicted octanol–water partition coefficient (Wildman–Crippen LogP) is 2.83. The first-order valence-corrected chi connectivity index (χ1v) is 10.4. The van der Waals surface area contributed by atoms with E-state index in [1.807, 2.05) is 24.4 Å². The Balaban J connectivity index is 2.02. The van der Waals surface area contributed by atoms with Crippen LogP contribution in [0.1, 0.15) is 10.4 Å². The van der Waals surface area contributed by atoms with Crippen LogP contribution < -0.4 is 9.62 Å². The molecule has 130 valence electrons. The second-order valence-corrected chi connectivity index (χ2v) is 8.75. The molecule has 0 fully saturated rings. The third-order valence-electron chi connectivity index (χ3n) is 3.39. The molecule has 0 spiro atoms. The van der Waals surface area contributed by atoms with Gasteiger partial charge >= 0.3 is 0 Å². The van der Waals surface area contributed by atoms with E-state index in [-0.39, 0.29) is 19.0 Å². The number of aryl methyl sites for hydroxylation is 1. The largest absolute Gasteiger partial charge is 0.354 e. The molecule has 24 heavy (non-hydrogen) atoms. The molecule has 1 aromatic heterocycles. The molecule has 0 aliphatic heterocycles. The van der Waals surface area contributed by atoms with E-state index in [1.165, 1.54) is 15.6 Å². The van der Waals surface area contributed by atoms with Gasteiger partial charge in [-0.3, -0.25) is 9.10 Å². The topological polar surface area (TPSA) is 66.5 Å². The van der Waals surface area contributed by atoms with Gasteiger partial charge in [0.05, 0.1) is 24.9 Å². The highest BCUT2D eigenvalue weighted by Crippen LogP contribution is 2.25. The lowest BCUT2D eigenvalue weighted by atomic mass is 10.2. The number of hydrogen-bond acceptors (Lipinski definition) is 4. The molecular formula is C16H19ClN2O3S2. The summed E-state index contributed by atoms with van der Waals surface area (Å²) in [4.78, 5) is 12.9. The van der Waals surface area contributed by atoms with Crippen LogP contribution in [0.5, 0.6) is 0 Å². The number of anilines is 1. The maximum Gasteiger partial charge on any atom is 0.232 e. The maximum atomic E-state index is 12.1. The fourth-order valence-corrected chi connectivity index (χ4v) is 4.09. The van der Waals surface area contributed by atoms with Crippen molar-refractivity contribution in [2.24, 2.45) is 0 Å². The van der Waals surface area contributed by atoms with E-state index in [0.29, 0.717) is 17.1 Å². The Hall–Kier alpha value is -1.57. The summed E-state index contributed by atoms with van der Waals surface area (Å²) in [5.74, 6) is -0.131. The molecule has 0 unspecified atom stereocenters. The summed E-state index contributed by atoms with van der Waals surface area (Å²) < 4.78 is 25.5. The number of nitrogens with zero attached hydrogens (tertiary/aromatic N) is 1. The normalized spacial score (nSPS) is 11.3. The molecule has 0 saturated heterocycles. The molecule has 0 aliphatic carbocycles. The molecule has 0 bridgehead atoms. The van der Waals surface area contributed by atoms with E-state index in [4.69, 9.17) is 11.6 Å². The molecule has 0 aliphatic rings. The van der Waals surface area contributed by atoms with E-state index < -0.39 is 10.0 Å². The molecule has 0 atom stereocenters. The van der Waals surface area contributed by atoms with Gasteiger partial charge in [-0.05, 0) is 36.1 Å². The van der Waals surface area contributed by atoms with E-state index in [9.17, 15) is 13.2 Å². The molecule has 0 saturated carbocycles. The van der Waals surface area contributed by atoms with Gasteiger partial charge < -0.3 is 5.32 Å². The van der Waals surface area contributed by atoms with Crippen LogP contribution in [0.3, 0.4) is 0 Å². The Bertz CT molecular complexity index is 805. The van der Waals surface area contributed by atoms with Gasteiger partial charge in [-0.2, -0.15) is 0 Å². The predicted molar refractivity (Wildman–Crippen MR) is 99.4 cm³/mol. The summed E-state index contributed by atoms with van der Waals surface area (Å²) in [5.41, 5.74) is 1.33. The number of rotatable bonds is 7. The molecule has 2 aromatic rings. The van der Waals surface area contributed by atoms with Gasteiger partial charge in [-0.1, -0.05) is 23.7 Å². The zero-order chi connectivity index (χ0) is 17.7. The van der Waals surface area contributed by atoms with Crippen molar-refractivity contribution in [3.05, 3.63) is 51.2 Å². The first-order chi connectivity index (χ1) is 11.3. The second kappa shape index (κ2) is 8.00. The van der Waals surface area contributed by atoms with Gasteiger partial charge in [0.1, 0.15) is 0 Å². The minimum atomic E-state index is -3.48. The lowest BCUT2D eigenvalue weighted by Gasteiger charge is -2.24. The molecule has 0 radical (unpaired) electrons. The van der Waals surface area contributed by atoms with Gasteiger partial charge in [0.2, 0.25) is 15.9 Å². The SMILES string of the molecule is Cc1ccc(Cl)cc1N(CCNC(=O)Cc1cccs1)S(C)(=O)=O. The first kappa shape index (κ1) is 18.8. The van der Waals surface area contributed by atoms with Crippen molar-refractivity contribution in [3.63, 3.8) is 0 Å². The van der Waals surface area contributed by atoms with E-state index >= 15 is 0 Å². The van der Waals surface area contributed by atoms with Crippen LogP contribution in [0.25, 0.3) is 0 Å². The Labute approximate surface area is 151 Å². The molecule has 1 aromatic carbocycles. The summed E-state index contributed by atoms with van der Waals surface area (Å²) in [6.07, 6.45) is 1.44. The van der Waals surface area contributed by atoms with Gasteiger partial charge in [0.15, 0.2) is 0 Å². The van der Waals surface area contributed by atoms with Crippen molar-refractivity contribution >= 4 is 44.6 Å². The maximum absolute atomic E-state index is 12.1. The van der Waals surface area contributed by atoms with Crippen LogP contribution in [0.2, 0.25) is 5.02 Å². The number of carbonyl (C=O) groups is 1. The quantitative estimate of drug-likeness (QED) is 0.795. The average molecular weight is 387 g/mol. The monoisotopic (exact) mass is 386 g/mol. The second-order valence-electron chi connectivity index (χ2n) is 5.37. The summed E-state index contributed by atoms with van der Waals surface area (Å²) >= 11 is 7.50. The molecular weight excluding hydrogens is 368 g/mol. The fraction of sp³-hybridized carbons (Fsp3) is 0.312. The van der Waals surface area contributed by atoms with Crippen LogP contribution in [0, 0.1) is 6.92 Å². The summed E-state index contributed by atoms with van der Waals surface area (Å²) in [5, 5.41) is 5.13. The zero-order valence-electron chi connectivity index (χ0n) is 13.5. The number of carbonyl (C=O) groups excluding carboxylic acids is 1. The van der Waals surface area contributed by atoms with Crippen molar-refractivity contribution in [2.45, 2.75) is 13.3 Å². The lowest BCUT2D eigenvalue weighted by Crippen LogP contribution is -2.38. The van der Waals surface area contributed by atoms with Crippen LogP contribution in [0.15, 0.2) is 35.7 Å². The van der Waals surface area contributed by atoms with Gasteiger partial charge in [0, 0.05) is 16.4 Å². The number of thiophene rings is 1. The van der Waals surface area contributed by atoms with Crippen molar-refractivity contribution in [3.8, 4) is 0 Å². The zero-order valence-corrected chi connectivity index (χ0v) is 15.8. The minimum absolute atomic E-state index is 0.131. The highest BCUT2D eigenvalue weighted by Gasteiger charge is 2.19. The van der Waals surface area contributed by atoms with Crippen molar-refractivity contribution in [1.29, 1.82) is 0 Å². The van der Waals surface area contributed by atoms with Gasteiger partial charge in [-0.15, -0.1) is 11.3 Å². The van der Waals surface area contributed by atoms with E-state index in [1.54, 1.807) is 18.2 Å². The number of amides is 1. The molecule has 1 amide bonds. The van der Waals surface area contributed by atoms with Gasteiger partial charge in [0.25, 0.3) is 0 Å². The number of nitrogens with one attached hydrogen (secondary N) is 1. The molecule has 2 rings (SSSR count). The van der Waals surface area contributed by atoms with Crippen molar-refractivity contribution in [2.75, 3.05) is 23.7 Å². The third-order valence-corrected chi connectivity index (χ3v) is 5.68. The average Bonchev–Trinajstić information content (AvgIpc) is 2.98. The Morgan fingerprint density at radius 2 is 2.08 bits per heavy atom. The number of sulfonamides is 1. The number of benzene rings is 1. The molecule has 8 heteroatoms. The van der Waals surface area contributed by atoms with Gasteiger partial charge in [-0.25, -0.2) is 8.42 Å². The number of halogens is 1. The van der Waals surface area contributed by atoms with E-state index in [2.05, 4.69) is 5.32 Å². The van der Waals surface area contributed by atoms with Crippen LogP contribution in [-0.2, 0) is 21.2 Å².